The molecule has 1 aromatic heterocycles. The maximum absolute atomic E-state index is 12.8. The number of nitrogens with zero attached hydrogens (tertiary/aromatic N) is 2. The van der Waals surface area contributed by atoms with Gasteiger partial charge in [0.2, 0.25) is 5.91 Å². The number of carboxylic acid groups (broad SMARTS) is 1. The van der Waals surface area contributed by atoms with Crippen LogP contribution in [0, 0.1) is 6.92 Å². The molecule has 1 fully saturated rings. The quantitative estimate of drug-likeness (QED) is 0.399. The minimum atomic E-state index is -1.03. The summed E-state index contributed by atoms with van der Waals surface area (Å²) in [4.78, 5) is 49.4. The van der Waals surface area contributed by atoms with E-state index in [-0.39, 0.29) is 11.3 Å². The van der Waals surface area contributed by atoms with Crippen LogP contribution >= 0.6 is 0 Å². The molecular weight excluding hydrogens is 424 g/mol. The second-order valence-electron chi connectivity index (χ2n) is 7.45. The highest BCUT2D eigenvalue weighted by molar-refractivity contribution is 6.15. The maximum atomic E-state index is 12.8. The third-order valence-electron chi connectivity index (χ3n) is 5.03. The van der Waals surface area contributed by atoms with Crippen molar-refractivity contribution >= 4 is 35.6 Å². The molecule has 0 radical (unpaired) electrons. The van der Waals surface area contributed by atoms with Crippen LogP contribution in [-0.4, -0.2) is 44.9 Å². The predicted molar refractivity (Wildman–Crippen MR) is 121 cm³/mol. The number of aromatic carboxylic acids is 1. The van der Waals surface area contributed by atoms with Crippen LogP contribution in [0.5, 0.6) is 0 Å². The molecule has 1 aliphatic heterocycles. The van der Waals surface area contributed by atoms with E-state index in [1.807, 2.05) is 13.0 Å². The zero-order valence-corrected chi connectivity index (χ0v) is 17.6. The minimum Gasteiger partial charge on any atom is -0.478 e. The molecule has 9 nitrogen and oxygen atoms in total. The number of aryl methyl sites for hydroxylation is 1. The van der Waals surface area contributed by atoms with E-state index in [2.05, 4.69) is 10.6 Å². The number of carbonyl (C=O) groups excluding carboxylic acids is 3. The average Bonchev–Trinajstić information content (AvgIpc) is 3.34. The van der Waals surface area contributed by atoms with Crippen molar-refractivity contribution in [1.82, 2.24) is 14.8 Å². The fourth-order valence-electron chi connectivity index (χ4n) is 3.44. The lowest BCUT2D eigenvalue weighted by Crippen LogP contribution is -2.38. The summed E-state index contributed by atoms with van der Waals surface area (Å²) in [6.45, 7) is 1.47. The molecule has 33 heavy (non-hydrogen) atoms. The van der Waals surface area contributed by atoms with Crippen LogP contribution in [0.15, 0.2) is 72.6 Å². The molecule has 0 bridgehead atoms. The molecule has 9 heteroatoms. The number of anilines is 1. The number of carbonyl (C=O) groups is 4. The second-order valence-corrected chi connectivity index (χ2v) is 7.45. The van der Waals surface area contributed by atoms with Crippen molar-refractivity contribution in [3.8, 4) is 5.69 Å². The van der Waals surface area contributed by atoms with Crippen LogP contribution in [-0.2, 0) is 9.59 Å². The molecule has 0 saturated carbocycles. The normalized spacial score (nSPS) is 14.5. The standard InChI is InChI=1S/C24H20N4O5/c1-15-4-2-5-17(12-15)25-21(29)14-28-22(30)20(26-24(28)33)13-19-6-3-11-27(19)18-9-7-16(8-10-18)23(31)32/h2-13H,14H2,1H3,(H,25,29)(H,26,33)(H,31,32)/b20-13-. The Morgan fingerprint density at radius 2 is 1.82 bits per heavy atom. The summed E-state index contributed by atoms with van der Waals surface area (Å²) in [7, 11) is 0. The summed E-state index contributed by atoms with van der Waals surface area (Å²) >= 11 is 0. The third kappa shape index (κ3) is 4.67. The average molecular weight is 444 g/mol. The van der Waals surface area contributed by atoms with Gasteiger partial charge in [-0.25, -0.2) is 14.5 Å². The van der Waals surface area contributed by atoms with Gasteiger partial charge in [-0.15, -0.1) is 0 Å². The topological polar surface area (TPSA) is 121 Å². The van der Waals surface area contributed by atoms with Crippen LogP contribution in [0.2, 0.25) is 0 Å². The molecular formula is C24H20N4O5. The van der Waals surface area contributed by atoms with Crippen LogP contribution in [0.4, 0.5) is 10.5 Å². The zero-order valence-electron chi connectivity index (χ0n) is 17.6. The lowest BCUT2D eigenvalue weighted by molar-refractivity contribution is -0.127. The molecule has 1 saturated heterocycles. The van der Waals surface area contributed by atoms with E-state index < -0.39 is 30.4 Å². The monoisotopic (exact) mass is 444 g/mol. The van der Waals surface area contributed by atoms with Crippen LogP contribution < -0.4 is 10.6 Å². The van der Waals surface area contributed by atoms with E-state index in [1.165, 1.54) is 18.2 Å². The Morgan fingerprint density at radius 1 is 1.06 bits per heavy atom. The van der Waals surface area contributed by atoms with Gasteiger partial charge < -0.3 is 20.3 Å². The number of carboxylic acids is 1. The van der Waals surface area contributed by atoms with Crippen LogP contribution in [0.1, 0.15) is 21.6 Å². The van der Waals surface area contributed by atoms with Gasteiger partial charge in [0.1, 0.15) is 12.2 Å². The van der Waals surface area contributed by atoms with Crippen molar-refractivity contribution in [1.29, 1.82) is 0 Å². The fraction of sp³-hybridized carbons (Fsp3) is 0.0833. The Balaban J connectivity index is 1.50. The van der Waals surface area contributed by atoms with Gasteiger partial charge in [0.15, 0.2) is 0 Å². The molecule has 166 valence electrons. The summed E-state index contributed by atoms with van der Waals surface area (Å²) in [6.07, 6.45) is 3.25. The summed E-state index contributed by atoms with van der Waals surface area (Å²) < 4.78 is 1.74. The first-order valence-electron chi connectivity index (χ1n) is 10.0. The van der Waals surface area contributed by atoms with E-state index in [4.69, 9.17) is 5.11 Å². The van der Waals surface area contributed by atoms with Gasteiger partial charge >= 0.3 is 12.0 Å². The largest absolute Gasteiger partial charge is 0.478 e. The molecule has 0 unspecified atom stereocenters. The van der Waals surface area contributed by atoms with E-state index in [0.29, 0.717) is 17.1 Å². The van der Waals surface area contributed by atoms with Gasteiger partial charge in [-0.3, -0.25) is 9.59 Å². The number of amides is 4. The van der Waals surface area contributed by atoms with Gasteiger partial charge in [0, 0.05) is 23.3 Å². The Labute approximate surface area is 188 Å². The minimum absolute atomic E-state index is 0.0328. The highest BCUT2D eigenvalue weighted by atomic mass is 16.4. The van der Waals surface area contributed by atoms with Crippen LogP contribution in [0.3, 0.4) is 0 Å². The first-order chi connectivity index (χ1) is 15.8. The Hall–Kier alpha value is -4.66. The zero-order chi connectivity index (χ0) is 23.5. The molecule has 3 aromatic rings. The van der Waals surface area contributed by atoms with E-state index in [9.17, 15) is 19.2 Å². The van der Waals surface area contributed by atoms with Crippen molar-refractivity contribution in [2.75, 3.05) is 11.9 Å². The Kier molecular flexibility index (Phi) is 5.77. The molecule has 3 N–H and O–H groups in total. The molecule has 4 rings (SSSR count). The Bertz CT molecular complexity index is 1290. The van der Waals surface area contributed by atoms with Gasteiger partial charge in [0.25, 0.3) is 5.91 Å². The number of rotatable bonds is 6. The number of urea groups is 1. The molecule has 1 aliphatic rings. The number of hydrogen-bond acceptors (Lipinski definition) is 4. The second kappa shape index (κ2) is 8.83. The maximum Gasteiger partial charge on any atom is 0.335 e. The lowest BCUT2D eigenvalue weighted by atomic mass is 10.2. The highest BCUT2D eigenvalue weighted by Gasteiger charge is 2.35. The van der Waals surface area contributed by atoms with Crippen molar-refractivity contribution in [2.45, 2.75) is 6.92 Å². The molecule has 4 amide bonds. The first-order valence-corrected chi connectivity index (χ1v) is 10.0. The molecule has 2 aromatic carbocycles. The van der Waals surface area contributed by atoms with Crippen molar-refractivity contribution < 1.29 is 24.3 Å². The van der Waals surface area contributed by atoms with Gasteiger partial charge in [-0.2, -0.15) is 0 Å². The molecule has 0 spiro atoms. The predicted octanol–water partition coefficient (Wildman–Crippen LogP) is 3.02. The van der Waals surface area contributed by atoms with Gasteiger partial charge in [-0.05, 0) is 67.1 Å². The summed E-state index contributed by atoms with van der Waals surface area (Å²) in [5.74, 6) is -2.14. The van der Waals surface area contributed by atoms with Crippen molar-refractivity contribution in [3.63, 3.8) is 0 Å². The number of nitrogens with one attached hydrogen (secondary N) is 2. The van der Waals surface area contributed by atoms with Gasteiger partial charge in [-0.1, -0.05) is 12.1 Å². The first kappa shape index (κ1) is 21.6. The van der Waals surface area contributed by atoms with Crippen LogP contribution in [0.25, 0.3) is 11.8 Å². The van der Waals surface area contributed by atoms with Crippen molar-refractivity contribution in [2.24, 2.45) is 0 Å². The Morgan fingerprint density at radius 3 is 2.52 bits per heavy atom. The number of hydrogen-bond donors (Lipinski definition) is 3. The number of aromatic nitrogens is 1. The summed E-state index contributed by atoms with van der Waals surface area (Å²) in [6, 6.07) is 16.2. The van der Waals surface area contributed by atoms with E-state index >= 15 is 0 Å². The molecule has 2 heterocycles. The van der Waals surface area contributed by atoms with Crippen molar-refractivity contribution in [3.05, 3.63) is 89.4 Å². The SMILES string of the molecule is Cc1cccc(NC(=O)CN2C(=O)N/C(=C\c3cccn3-c3ccc(C(=O)O)cc3)C2=O)c1. The molecule has 0 aliphatic carbocycles. The van der Waals surface area contributed by atoms with E-state index in [0.717, 1.165) is 10.5 Å². The van der Waals surface area contributed by atoms with E-state index in [1.54, 1.807) is 53.2 Å². The number of benzene rings is 2. The highest BCUT2D eigenvalue weighted by Crippen LogP contribution is 2.19. The smallest absolute Gasteiger partial charge is 0.335 e. The number of imide groups is 1. The molecule has 0 atom stereocenters. The third-order valence-corrected chi connectivity index (χ3v) is 5.03. The van der Waals surface area contributed by atoms with Gasteiger partial charge in [0.05, 0.1) is 5.56 Å². The summed E-state index contributed by atoms with van der Waals surface area (Å²) in [5, 5.41) is 14.2. The fourth-order valence-corrected chi connectivity index (χ4v) is 3.44. The lowest BCUT2D eigenvalue weighted by Gasteiger charge is -2.12. The summed E-state index contributed by atoms with van der Waals surface area (Å²) in [5.41, 5.74) is 3.01.